The third-order valence-corrected chi connectivity index (χ3v) is 6.18. The Labute approximate surface area is 177 Å². The highest BCUT2D eigenvalue weighted by atomic mass is 32.2. The first-order chi connectivity index (χ1) is 13.9. The van der Waals surface area contributed by atoms with Gasteiger partial charge in [0.25, 0.3) is 0 Å². The van der Waals surface area contributed by atoms with Crippen LogP contribution in [0.3, 0.4) is 0 Å². The number of hydrogen-bond donors (Lipinski definition) is 2. The molecule has 1 fully saturated rings. The van der Waals surface area contributed by atoms with Gasteiger partial charge >= 0.3 is 0 Å². The Hall–Kier alpha value is -2.31. The summed E-state index contributed by atoms with van der Waals surface area (Å²) in [7, 11) is 0. The molecule has 1 saturated heterocycles. The number of nitrogens with zero attached hydrogens (tertiary/aromatic N) is 1. The van der Waals surface area contributed by atoms with Crippen molar-refractivity contribution in [1.29, 1.82) is 0 Å². The number of benzene rings is 2. The summed E-state index contributed by atoms with van der Waals surface area (Å²) in [4.78, 5) is 28.2. The Morgan fingerprint density at radius 2 is 1.72 bits per heavy atom. The van der Waals surface area contributed by atoms with Crippen molar-refractivity contribution in [2.75, 3.05) is 36.5 Å². The van der Waals surface area contributed by atoms with E-state index >= 15 is 0 Å². The van der Waals surface area contributed by atoms with Crippen molar-refractivity contribution in [3.8, 4) is 0 Å². The number of nitrogens with one attached hydrogen (secondary N) is 2. The van der Waals surface area contributed by atoms with Gasteiger partial charge in [0.2, 0.25) is 11.8 Å². The van der Waals surface area contributed by atoms with Crippen LogP contribution in [0.4, 0.5) is 11.4 Å². The fourth-order valence-electron chi connectivity index (χ4n) is 3.52. The maximum Gasteiger partial charge on any atom is 0.238 e. The van der Waals surface area contributed by atoms with Crippen LogP contribution >= 0.6 is 11.8 Å². The summed E-state index contributed by atoms with van der Waals surface area (Å²) in [5.74, 6) is 0.0551. The number of carbonyl (C=O) groups is 2. The van der Waals surface area contributed by atoms with E-state index in [0.29, 0.717) is 6.54 Å². The first kappa shape index (κ1) is 21.4. The molecule has 0 saturated carbocycles. The number of likely N-dealkylation sites (tertiary alicyclic amines) is 1. The van der Waals surface area contributed by atoms with Crippen molar-refractivity contribution in [2.45, 2.75) is 31.6 Å². The normalized spacial score (nSPS) is 15.1. The van der Waals surface area contributed by atoms with Crippen molar-refractivity contribution in [3.05, 3.63) is 53.6 Å². The molecule has 1 aliphatic rings. The number of amides is 2. The largest absolute Gasteiger partial charge is 0.326 e. The van der Waals surface area contributed by atoms with Crippen molar-refractivity contribution < 1.29 is 9.59 Å². The molecule has 2 N–H and O–H groups in total. The maximum atomic E-state index is 12.6. The molecule has 0 atom stereocenters. The molecule has 1 heterocycles. The number of anilines is 2. The van der Waals surface area contributed by atoms with Gasteiger partial charge in [-0.2, -0.15) is 0 Å². The summed E-state index contributed by atoms with van der Waals surface area (Å²) in [5, 5.41) is 6.01. The second-order valence-corrected chi connectivity index (χ2v) is 8.50. The fraction of sp³-hybridized carbons (Fsp3) is 0.391. The van der Waals surface area contributed by atoms with Crippen LogP contribution < -0.4 is 10.6 Å². The highest BCUT2D eigenvalue weighted by molar-refractivity contribution is 7.98. The zero-order valence-electron chi connectivity index (χ0n) is 17.3. The van der Waals surface area contributed by atoms with Gasteiger partial charge in [-0.3, -0.25) is 14.5 Å². The Morgan fingerprint density at radius 1 is 1.00 bits per heavy atom. The Morgan fingerprint density at radius 3 is 2.41 bits per heavy atom. The quantitative estimate of drug-likeness (QED) is 0.695. The SMILES string of the molecule is CSc1cccc(NC(=O)C2CCN(CC(=O)Nc3ccc(C)c(C)c3)CC2)c1. The summed E-state index contributed by atoms with van der Waals surface area (Å²) in [6.07, 6.45) is 3.56. The monoisotopic (exact) mass is 411 g/mol. The number of piperidine rings is 1. The van der Waals surface area contributed by atoms with Gasteiger partial charge < -0.3 is 10.6 Å². The third kappa shape index (κ3) is 6.08. The van der Waals surface area contributed by atoms with Gasteiger partial charge in [-0.05, 0) is 87.5 Å². The zero-order valence-corrected chi connectivity index (χ0v) is 18.1. The summed E-state index contributed by atoms with van der Waals surface area (Å²) in [6.45, 7) is 5.96. The molecule has 0 radical (unpaired) electrons. The zero-order chi connectivity index (χ0) is 20.8. The van der Waals surface area contributed by atoms with E-state index in [1.165, 1.54) is 5.56 Å². The van der Waals surface area contributed by atoms with Crippen LogP contribution in [0.1, 0.15) is 24.0 Å². The smallest absolute Gasteiger partial charge is 0.238 e. The van der Waals surface area contributed by atoms with Crippen LogP contribution in [-0.2, 0) is 9.59 Å². The maximum absolute atomic E-state index is 12.6. The van der Waals surface area contributed by atoms with Crippen molar-refractivity contribution in [2.24, 2.45) is 5.92 Å². The lowest BCUT2D eigenvalue weighted by atomic mass is 9.96. The lowest BCUT2D eigenvalue weighted by Crippen LogP contribution is -2.41. The molecule has 154 valence electrons. The Balaban J connectivity index is 1.45. The van der Waals surface area contributed by atoms with E-state index in [0.717, 1.165) is 47.8 Å². The van der Waals surface area contributed by atoms with Gasteiger partial charge in [-0.15, -0.1) is 11.8 Å². The van der Waals surface area contributed by atoms with Crippen LogP contribution in [0.2, 0.25) is 0 Å². The molecule has 2 aromatic rings. The van der Waals surface area contributed by atoms with Crippen LogP contribution in [0.15, 0.2) is 47.4 Å². The Kier molecular flexibility index (Phi) is 7.34. The molecule has 2 amide bonds. The summed E-state index contributed by atoms with van der Waals surface area (Å²) in [6, 6.07) is 13.8. The number of thioether (sulfide) groups is 1. The average molecular weight is 412 g/mol. The average Bonchev–Trinajstić information content (AvgIpc) is 2.71. The molecular formula is C23H29N3O2S. The molecule has 6 heteroatoms. The van der Waals surface area contributed by atoms with Gasteiger partial charge in [0.15, 0.2) is 0 Å². The minimum atomic E-state index is -0.00923. The highest BCUT2D eigenvalue weighted by Gasteiger charge is 2.26. The summed E-state index contributed by atoms with van der Waals surface area (Å²) in [5.41, 5.74) is 4.05. The molecule has 3 rings (SSSR count). The number of carbonyl (C=O) groups excluding carboxylic acids is 2. The van der Waals surface area contributed by atoms with Crippen LogP contribution in [0.5, 0.6) is 0 Å². The van der Waals surface area contributed by atoms with E-state index < -0.39 is 0 Å². The summed E-state index contributed by atoms with van der Waals surface area (Å²) < 4.78 is 0. The molecule has 0 spiro atoms. The van der Waals surface area contributed by atoms with Crippen LogP contribution in [-0.4, -0.2) is 42.6 Å². The summed E-state index contributed by atoms with van der Waals surface area (Å²) >= 11 is 1.66. The van der Waals surface area contributed by atoms with Gasteiger partial charge in [0.05, 0.1) is 6.54 Å². The van der Waals surface area contributed by atoms with E-state index in [-0.39, 0.29) is 17.7 Å². The highest BCUT2D eigenvalue weighted by Crippen LogP contribution is 2.22. The van der Waals surface area contributed by atoms with Gasteiger partial charge in [-0.25, -0.2) is 0 Å². The molecule has 29 heavy (non-hydrogen) atoms. The van der Waals surface area contributed by atoms with E-state index in [9.17, 15) is 9.59 Å². The van der Waals surface area contributed by atoms with E-state index in [1.807, 2.05) is 55.6 Å². The van der Waals surface area contributed by atoms with Crippen molar-refractivity contribution in [1.82, 2.24) is 4.90 Å². The minimum absolute atomic E-state index is 0.00741. The van der Waals surface area contributed by atoms with Crippen molar-refractivity contribution in [3.63, 3.8) is 0 Å². The molecular weight excluding hydrogens is 382 g/mol. The molecule has 1 aliphatic heterocycles. The molecule has 0 unspecified atom stereocenters. The van der Waals surface area contributed by atoms with Gasteiger partial charge in [0.1, 0.15) is 0 Å². The molecule has 0 aliphatic carbocycles. The third-order valence-electron chi connectivity index (χ3n) is 5.45. The molecule has 0 bridgehead atoms. The van der Waals surface area contributed by atoms with Crippen molar-refractivity contribution >= 4 is 35.0 Å². The van der Waals surface area contributed by atoms with E-state index in [2.05, 4.69) is 22.5 Å². The van der Waals surface area contributed by atoms with Crippen LogP contribution in [0, 0.1) is 19.8 Å². The predicted molar refractivity (Wildman–Crippen MR) is 121 cm³/mol. The van der Waals surface area contributed by atoms with Crippen LogP contribution in [0.25, 0.3) is 0 Å². The standard InChI is InChI=1S/C23H29N3O2S/c1-16-7-8-20(13-17(16)2)24-22(27)15-26-11-9-18(10-12-26)23(28)25-19-5-4-6-21(14-19)29-3/h4-8,13-14,18H,9-12,15H2,1-3H3,(H,24,27)(H,25,28). The molecule has 5 nitrogen and oxygen atoms in total. The fourth-order valence-corrected chi connectivity index (χ4v) is 3.98. The number of rotatable bonds is 6. The minimum Gasteiger partial charge on any atom is -0.326 e. The lowest BCUT2D eigenvalue weighted by molar-refractivity contribution is -0.121. The number of hydrogen-bond acceptors (Lipinski definition) is 4. The second kappa shape index (κ2) is 9.94. The molecule has 2 aromatic carbocycles. The second-order valence-electron chi connectivity index (χ2n) is 7.62. The Bertz CT molecular complexity index is 876. The predicted octanol–water partition coefficient (Wildman–Crippen LogP) is 4.31. The topological polar surface area (TPSA) is 61.4 Å². The van der Waals surface area contributed by atoms with Gasteiger partial charge in [-0.1, -0.05) is 12.1 Å². The van der Waals surface area contributed by atoms with E-state index in [4.69, 9.17) is 0 Å². The van der Waals surface area contributed by atoms with E-state index in [1.54, 1.807) is 11.8 Å². The first-order valence-electron chi connectivity index (χ1n) is 9.99. The number of aryl methyl sites for hydroxylation is 2. The molecule has 0 aromatic heterocycles. The lowest BCUT2D eigenvalue weighted by Gasteiger charge is -2.30. The first-order valence-corrected chi connectivity index (χ1v) is 11.2. The van der Waals surface area contributed by atoms with Gasteiger partial charge in [0, 0.05) is 22.2 Å².